The fraction of sp³-hybridized carbons (Fsp3) is 0.429. The lowest BCUT2D eigenvalue weighted by Crippen LogP contribution is -2.34. The minimum atomic E-state index is -6.48. The molecule has 1 aromatic carbocycles. The SMILES string of the molecule is CC(C)(C)C1=Cc2ccccc2S1(OS(=O)(=O)C(F)(F)F)C(F)(F)F. The Bertz CT molecular complexity index is 818. The summed E-state index contributed by atoms with van der Waals surface area (Å²) >= 11 is 0. The van der Waals surface area contributed by atoms with E-state index in [1.54, 1.807) is 0 Å². The third kappa shape index (κ3) is 3.17. The number of rotatable bonds is 2. The molecule has 1 aromatic rings. The predicted molar refractivity (Wildman–Crippen MR) is 81.8 cm³/mol. The molecular formula is C14H14F6O3S2. The molecule has 0 N–H and O–H groups in total. The van der Waals surface area contributed by atoms with E-state index in [0.29, 0.717) is 0 Å². The minimum absolute atomic E-state index is 0.0166. The molecule has 0 spiro atoms. The van der Waals surface area contributed by atoms with Gasteiger partial charge in [-0.25, -0.2) is 0 Å². The standard InChI is InChI=1S/C14H14F6O3S2/c1-12(2,3)11-8-9-6-4-5-7-10(9)24(11,13(15,16)17)23-25(21,22)14(18,19)20/h4-8H,1-3H3. The molecule has 2 rings (SSSR count). The summed E-state index contributed by atoms with van der Waals surface area (Å²) in [6, 6.07) is 4.81. The van der Waals surface area contributed by atoms with Crippen molar-refractivity contribution in [3.63, 3.8) is 0 Å². The fourth-order valence-electron chi connectivity index (χ4n) is 2.39. The average Bonchev–Trinajstić information content (AvgIpc) is 2.72. The van der Waals surface area contributed by atoms with E-state index in [0.717, 1.165) is 12.1 Å². The molecule has 0 radical (unpaired) electrons. The Kier molecular flexibility index (Phi) is 4.54. The summed E-state index contributed by atoms with van der Waals surface area (Å²) in [5, 5.41) is 0. The lowest BCUT2D eigenvalue weighted by molar-refractivity contribution is -0.0548. The largest absolute Gasteiger partial charge is 0.523 e. The molecule has 1 aliphatic rings. The molecule has 1 aliphatic heterocycles. The van der Waals surface area contributed by atoms with E-state index in [1.807, 2.05) is 0 Å². The van der Waals surface area contributed by atoms with Crippen LogP contribution in [0.15, 0.2) is 34.1 Å². The van der Waals surface area contributed by atoms with Crippen molar-refractivity contribution < 1.29 is 38.4 Å². The summed E-state index contributed by atoms with van der Waals surface area (Å²) in [7, 11) is -11.4. The van der Waals surface area contributed by atoms with Crippen LogP contribution in [0.5, 0.6) is 0 Å². The molecular weight excluding hydrogens is 394 g/mol. The van der Waals surface area contributed by atoms with E-state index in [1.165, 1.54) is 39.0 Å². The second-order valence-corrected chi connectivity index (χ2v) is 10.6. The van der Waals surface area contributed by atoms with Gasteiger partial charge in [0.2, 0.25) is 0 Å². The number of hydrogen-bond acceptors (Lipinski definition) is 3. The zero-order chi connectivity index (χ0) is 19.5. The number of benzene rings is 1. The number of hydrogen-bond donors (Lipinski definition) is 0. The van der Waals surface area contributed by atoms with Crippen LogP contribution >= 0.6 is 10.3 Å². The topological polar surface area (TPSA) is 43.4 Å². The Hall–Kier alpha value is -1.20. The first-order valence-electron chi connectivity index (χ1n) is 6.77. The average molecular weight is 408 g/mol. The maximum atomic E-state index is 14.0. The van der Waals surface area contributed by atoms with Crippen LogP contribution in [0, 0.1) is 5.41 Å². The Morgan fingerprint density at radius 3 is 1.92 bits per heavy atom. The monoisotopic (exact) mass is 408 g/mol. The summed E-state index contributed by atoms with van der Waals surface area (Å²) in [5.74, 6) is 0. The van der Waals surface area contributed by atoms with Crippen LogP contribution in [-0.4, -0.2) is 19.4 Å². The summed E-state index contributed by atoms with van der Waals surface area (Å²) in [5.41, 5.74) is -12.6. The lowest BCUT2D eigenvalue weighted by atomic mass is 9.95. The van der Waals surface area contributed by atoms with Crippen LogP contribution in [0.2, 0.25) is 0 Å². The van der Waals surface area contributed by atoms with Crippen molar-refractivity contribution in [2.45, 2.75) is 36.7 Å². The number of alkyl halides is 6. The number of halogens is 6. The fourth-order valence-corrected chi connectivity index (χ4v) is 7.28. The van der Waals surface area contributed by atoms with Crippen LogP contribution in [-0.2, 0) is 13.7 Å². The van der Waals surface area contributed by atoms with Gasteiger partial charge in [-0.2, -0.15) is 38.4 Å². The van der Waals surface area contributed by atoms with Crippen molar-refractivity contribution in [2.24, 2.45) is 5.41 Å². The van der Waals surface area contributed by atoms with E-state index in [-0.39, 0.29) is 5.56 Å². The van der Waals surface area contributed by atoms with Crippen molar-refractivity contribution in [1.29, 1.82) is 0 Å². The van der Waals surface area contributed by atoms with Crippen LogP contribution in [0.1, 0.15) is 26.3 Å². The second-order valence-electron chi connectivity index (χ2n) is 6.27. The van der Waals surface area contributed by atoms with Gasteiger partial charge in [0, 0.05) is 20.1 Å². The Labute approximate surface area is 142 Å². The summed E-state index contributed by atoms with van der Waals surface area (Å²) in [6.07, 6.45) is 1.06. The van der Waals surface area contributed by atoms with Crippen LogP contribution in [0.4, 0.5) is 26.3 Å². The van der Waals surface area contributed by atoms with Gasteiger partial charge in [-0.05, 0) is 23.1 Å². The van der Waals surface area contributed by atoms with Gasteiger partial charge in [0.15, 0.2) is 0 Å². The predicted octanol–water partition coefficient (Wildman–Crippen LogP) is 5.55. The molecule has 0 aliphatic carbocycles. The van der Waals surface area contributed by atoms with E-state index in [9.17, 15) is 34.8 Å². The molecule has 0 fully saturated rings. The summed E-state index contributed by atoms with van der Waals surface area (Å²) < 4.78 is 107. The van der Waals surface area contributed by atoms with Crippen LogP contribution in [0.25, 0.3) is 6.08 Å². The number of fused-ring (bicyclic) bond motifs is 1. The third-order valence-corrected chi connectivity index (χ3v) is 8.46. The molecule has 142 valence electrons. The Balaban J connectivity index is 2.85. The maximum absolute atomic E-state index is 14.0. The van der Waals surface area contributed by atoms with Crippen molar-refractivity contribution >= 4 is 26.5 Å². The van der Waals surface area contributed by atoms with Crippen LogP contribution in [0.3, 0.4) is 0 Å². The highest BCUT2D eigenvalue weighted by molar-refractivity contribution is 8.37. The van der Waals surface area contributed by atoms with Gasteiger partial charge in [0.1, 0.15) is 0 Å². The van der Waals surface area contributed by atoms with Gasteiger partial charge in [0.05, 0.1) is 0 Å². The molecule has 0 amide bonds. The molecule has 1 heterocycles. The summed E-state index contributed by atoms with van der Waals surface area (Å²) in [6.45, 7) is 4.05. The van der Waals surface area contributed by atoms with Gasteiger partial charge >= 0.3 is 21.1 Å². The van der Waals surface area contributed by atoms with E-state index in [4.69, 9.17) is 0 Å². The molecule has 11 heteroatoms. The van der Waals surface area contributed by atoms with E-state index < -0.39 is 46.7 Å². The first kappa shape index (κ1) is 20.1. The summed E-state index contributed by atoms with van der Waals surface area (Å²) in [4.78, 5) is -1.15. The van der Waals surface area contributed by atoms with Crippen LogP contribution < -0.4 is 0 Å². The quantitative estimate of drug-likeness (QED) is 0.476. The Morgan fingerprint density at radius 2 is 1.48 bits per heavy atom. The van der Waals surface area contributed by atoms with Gasteiger partial charge in [-0.1, -0.05) is 39.0 Å². The highest BCUT2D eigenvalue weighted by Crippen LogP contribution is 2.80. The molecule has 3 nitrogen and oxygen atoms in total. The second kappa shape index (κ2) is 5.65. The van der Waals surface area contributed by atoms with E-state index >= 15 is 0 Å². The smallest absolute Gasteiger partial charge is 0.196 e. The highest BCUT2D eigenvalue weighted by atomic mass is 32.3. The van der Waals surface area contributed by atoms with E-state index in [2.05, 4.69) is 3.63 Å². The lowest BCUT2D eigenvalue weighted by Gasteiger charge is -2.43. The van der Waals surface area contributed by atoms with Crippen molar-refractivity contribution in [2.75, 3.05) is 0 Å². The zero-order valence-corrected chi connectivity index (χ0v) is 14.8. The molecule has 1 unspecified atom stereocenters. The molecule has 0 saturated carbocycles. The molecule has 1 atom stereocenters. The van der Waals surface area contributed by atoms with Crippen molar-refractivity contribution in [1.82, 2.24) is 0 Å². The highest BCUT2D eigenvalue weighted by Gasteiger charge is 2.65. The van der Waals surface area contributed by atoms with Crippen molar-refractivity contribution in [3.8, 4) is 0 Å². The number of allylic oxidation sites excluding steroid dienone is 1. The molecule has 0 saturated heterocycles. The molecule has 25 heavy (non-hydrogen) atoms. The minimum Gasteiger partial charge on any atom is -0.196 e. The molecule has 0 aromatic heterocycles. The third-order valence-electron chi connectivity index (χ3n) is 3.37. The zero-order valence-electron chi connectivity index (χ0n) is 13.2. The first-order chi connectivity index (χ1) is 11.0. The van der Waals surface area contributed by atoms with Crippen molar-refractivity contribution in [3.05, 3.63) is 34.7 Å². The maximum Gasteiger partial charge on any atom is 0.523 e. The van der Waals surface area contributed by atoms with Gasteiger partial charge in [-0.3, -0.25) is 0 Å². The van der Waals surface area contributed by atoms with Gasteiger partial charge in [-0.15, -0.1) is 0 Å². The van der Waals surface area contributed by atoms with Gasteiger partial charge in [0.25, 0.3) is 0 Å². The Morgan fingerprint density at radius 1 is 0.960 bits per heavy atom. The first-order valence-corrected chi connectivity index (χ1v) is 9.74. The normalized spacial score (nSPS) is 24.4. The molecule has 0 bridgehead atoms. The van der Waals surface area contributed by atoms with Gasteiger partial charge < -0.3 is 0 Å².